The second-order valence-corrected chi connectivity index (χ2v) is 8.51. The number of fused-ring (bicyclic) bond motifs is 2. The Balaban J connectivity index is 1.94. The number of furan rings is 1. The van der Waals surface area contributed by atoms with Gasteiger partial charge in [-0.1, -0.05) is 12.1 Å². The molecule has 0 radical (unpaired) electrons. The molecule has 28 heavy (non-hydrogen) atoms. The summed E-state index contributed by atoms with van der Waals surface area (Å²) in [6, 6.07) is 12.5. The van der Waals surface area contributed by atoms with E-state index in [9.17, 15) is 8.42 Å². The molecule has 146 valence electrons. The molecule has 0 aliphatic heterocycles. The van der Waals surface area contributed by atoms with Gasteiger partial charge >= 0.3 is 0 Å². The second kappa shape index (κ2) is 6.96. The zero-order valence-corrected chi connectivity index (χ0v) is 16.6. The van der Waals surface area contributed by atoms with E-state index in [0.717, 1.165) is 10.9 Å². The first-order valence-electron chi connectivity index (χ1n) is 8.68. The van der Waals surface area contributed by atoms with Crippen LogP contribution in [0.4, 0.5) is 0 Å². The Labute approximate surface area is 162 Å². The lowest BCUT2D eigenvalue weighted by Gasteiger charge is -2.07. The van der Waals surface area contributed by atoms with Crippen molar-refractivity contribution in [3.8, 4) is 17.3 Å². The van der Waals surface area contributed by atoms with Gasteiger partial charge in [0.05, 0.1) is 29.6 Å². The van der Waals surface area contributed by atoms with Gasteiger partial charge in [-0.25, -0.2) is 13.4 Å². The first-order chi connectivity index (χ1) is 13.4. The highest BCUT2D eigenvalue weighted by Gasteiger charge is 2.19. The van der Waals surface area contributed by atoms with E-state index in [1.165, 1.54) is 6.26 Å². The molecule has 4 rings (SSSR count). The summed E-state index contributed by atoms with van der Waals surface area (Å²) in [5, 5.41) is 0.900. The Hall–Kier alpha value is -2.84. The van der Waals surface area contributed by atoms with Crippen LogP contribution in [0.1, 0.15) is 0 Å². The summed E-state index contributed by atoms with van der Waals surface area (Å²) in [6.07, 6.45) is 1.18. The van der Waals surface area contributed by atoms with Crippen LogP contribution < -0.4 is 4.74 Å². The lowest BCUT2D eigenvalue weighted by atomic mass is 10.2. The number of rotatable bonds is 6. The number of hydrogen-bond acceptors (Lipinski definition) is 6. The molecular formula is C20H20N2O5S. The quantitative estimate of drug-likeness (QED) is 0.493. The molecule has 0 N–H and O–H groups in total. The maximum Gasteiger partial charge on any atom is 0.177 e. The van der Waals surface area contributed by atoms with Crippen LogP contribution in [0, 0.1) is 0 Å². The maximum absolute atomic E-state index is 11.9. The van der Waals surface area contributed by atoms with Crippen molar-refractivity contribution in [3.05, 3.63) is 42.5 Å². The SMILES string of the molecule is COCCn1c(-c2cc3cccc(OC)c3o2)nc2cc(S(C)(=O)=O)ccc21. The summed E-state index contributed by atoms with van der Waals surface area (Å²) < 4.78 is 42.5. The van der Waals surface area contributed by atoms with Crippen LogP contribution in [0.25, 0.3) is 33.6 Å². The summed E-state index contributed by atoms with van der Waals surface area (Å²) in [5.41, 5.74) is 2.04. The number of benzene rings is 2. The van der Waals surface area contributed by atoms with Crippen molar-refractivity contribution in [3.63, 3.8) is 0 Å². The Morgan fingerprint density at radius 1 is 1.14 bits per heavy atom. The molecule has 4 aromatic rings. The number of ether oxygens (including phenoxy) is 2. The third kappa shape index (κ3) is 3.14. The average molecular weight is 400 g/mol. The number of imidazole rings is 1. The van der Waals surface area contributed by atoms with Gasteiger partial charge in [0, 0.05) is 25.3 Å². The zero-order valence-electron chi connectivity index (χ0n) is 15.8. The normalized spacial score (nSPS) is 12.1. The van der Waals surface area contributed by atoms with Gasteiger partial charge in [-0.05, 0) is 30.3 Å². The highest BCUT2D eigenvalue weighted by atomic mass is 32.2. The first-order valence-corrected chi connectivity index (χ1v) is 10.6. The molecule has 0 bridgehead atoms. The van der Waals surface area contributed by atoms with E-state index in [1.807, 2.05) is 28.8 Å². The highest BCUT2D eigenvalue weighted by molar-refractivity contribution is 7.90. The summed E-state index contributed by atoms with van der Waals surface area (Å²) in [6.45, 7) is 1.03. The largest absolute Gasteiger partial charge is 0.493 e. The van der Waals surface area contributed by atoms with Crippen molar-refractivity contribution in [2.24, 2.45) is 0 Å². The lowest BCUT2D eigenvalue weighted by molar-refractivity contribution is 0.188. The molecule has 2 heterocycles. The van der Waals surface area contributed by atoms with Crippen LogP contribution in [-0.2, 0) is 21.1 Å². The zero-order chi connectivity index (χ0) is 19.9. The Kier molecular flexibility index (Phi) is 4.60. The van der Waals surface area contributed by atoms with Crippen LogP contribution in [0.3, 0.4) is 0 Å². The molecule has 2 aromatic carbocycles. The lowest BCUT2D eigenvalue weighted by Crippen LogP contribution is -2.05. The van der Waals surface area contributed by atoms with Crippen LogP contribution in [0.5, 0.6) is 5.75 Å². The van der Waals surface area contributed by atoms with E-state index < -0.39 is 9.84 Å². The van der Waals surface area contributed by atoms with Gasteiger partial charge in [0.2, 0.25) is 0 Å². The van der Waals surface area contributed by atoms with Crippen molar-refractivity contribution in [1.82, 2.24) is 9.55 Å². The summed E-state index contributed by atoms with van der Waals surface area (Å²) in [4.78, 5) is 4.90. The fourth-order valence-electron chi connectivity index (χ4n) is 3.24. The molecule has 0 saturated carbocycles. The summed E-state index contributed by atoms with van der Waals surface area (Å²) >= 11 is 0. The van der Waals surface area contributed by atoms with Gasteiger partial charge < -0.3 is 18.5 Å². The molecule has 0 amide bonds. The number of methoxy groups -OCH3 is 2. The summed E-state index contributed by atoms with van der Waals surface area (Å²) in [7, 11) is -0.0966. The molecule has 0 saturated heterocycles. The van der Waals surface area contributed by atoms with E-state index in [1.54, 1.807) is 32.4 Å². The average Bonchev–Trinajstić information content (AvgIpc) is 3.26. The highest BCUT2D eigenvalue weighted by Crippen LogP contribution is 2.34. The minimum atomic E-state index is -3.32. The van der Waals surface area contributed by atoms with E-state index in [0.29, 0.717) is 41.6 Å². The van der Waals surface area contributed by atoms with E-state index in [2.05, 4.69) is 4.98 Å². The number of hydrogen-bond donors (Lipinski definition) is 0. The monoisotopic (exact) mass is 400 g/mol. The molecule has 0 fully saturated rings. The fraction of sp³-hybridized carbons (Fsp3) is 0.250. The van der Waals surface area contributed by atoms with Crippen molar-refractivity contribution < 1.29 is 22.3 Å². The van der Waals surface area contributed by atoms with Crippen LogP contribution in [-0.4, -0.2) is 45.1 Å². The minimum absolute atomic E-state index is 0.231. The predicted molar refractivity (Wildman–Crippen MR) is 106 cm³/mol. The predicted octanol–water partition coefficient (Wildman–Crippen LogP) is 3.51. The number of nitrogens with zero attached hydrogens (tertiary/aromatic N) is 2. The van der Waals surface area contributed by atoms with E-state index >= 15 is 0 Å². The van der Waals surface area contributed by atoms with Crippen LogP contribution in [0.15, 0.2) is 51.8 Å². The van der Waals surface area contributed by atoms with Gasteiger partial charge in [0.25, 0.3) is 0 Å². The molecule has 7 nitrogen and oxygen atoms in total. The molecular weight excluding hydrogens is 380 g/mol. The number of sulfone groups is 1. The van der Waals surface area contributed by atoms with Crippen LogP contribution in [0.2, 0.25) is 0 Å². The Bertz CT molecular complexity index is 1270. The van der Waals surface area contributed by atoms with Crippen LogP contribution >= 0.6 is 0 Å². The summed E-state index contributed by atoms with van der Waals surface area (Å²) in [5.74, 6) is 1.83. The number of aromatic nitrogens is 2. The Morgan fingerprint density at radius 2 is 1.96 bits per heavy atom. The molecule has 8 heteroatoms. The third-order valence-corrected chi connectivity index (χ3v) is 5.73. The van der Waals surface area contributed by atoms with Crippen molar-refractivity contribution in [2.75, 3.05) is 27.1 Å². The fourth-order valence-corrected chi connectivity index (χ4v) is 3.89. The van der Waals surface area contributed by atoms with Gasteiger partial charge in [-0.2, -0.15) is 0 Å². The third-order valence-electron chi connectivity index (χ3n) is 4.62. The van der Waals surface area contributed by atoms with E-state index in [-0.39, 0.29) is 4.90 Å². The van der Waals surface area contributed by atoms with E-state index in [4.69, 9.17) is 13.9 Å². The molecule has 0 atom stereocenters. The minimum Gasteiger partial charge on any atom is -0.493 e. The van der Waals surface area contributed by atoms with Gasteiger partial charge in [-0.3, -0.25) is 0 Å². The molecule has 0 aliphatic rings. The molecule has 2 aromatic heterocycles. The van der Waals surface area contributed by atoms with Crippen molar-refractivity contribution in [1.29, 1.82) is 0 Å². The Morgan fingerprint density at radius 3 is 2.68 bits per heavy atom. The van der Waals surface area contributed by atoms with Gasteiger partial charge in [-0.15, -0.1) is 0 Å². The van der Waals surface area contributed by atoms with Crippen molar-refractivity contribution in [2.45, 2.75) is 11.4 Å². The smallest absolute Gasteiger partial charge is 0.177 e. The standard InChI is InChI=1S/C20H20N2O5S/c1-25-10-9-22-16-8-7-14(28(3,23)24)12-15(16)21-20(22)18-11-13-5-4-6-17(26-2)19(13)27-18/h4-8,11-12H,9-10H2,1-3H3. The second-order valence-electron chi connectivity index (χ2n) is 6.49. The molecule has 0 aliphatic carbocycles. The van der Waals surface area contributed by atoms with Gasteiger partial charge in [0.15, 0.2) is 32.8 Å². The van der Waals surface area contributed by atoms with Crippen molar-refractivity contribution >= 4 is 31.8 Å². The molecule has 0 spiro atoms. The number of para-hydroxylation sites is 1. The topological polar surface area (TPSA) is 83.6 Å². The first kappa shape index (κ1) is 18.5. The maximum atomic E-state index is 11.9. The van der Waals surface area contributed by atoms with Gasteiger partial charge in [0.1, 0.15) is 0 Å². The molecule has 0 unspecified atom stereocenters.